The second kappa shape index (κ2) is 11.2. The maximum Gasteiger partial charge on any atom is 0.115 e. The number of ether oxygens (including phenoxy) is 4. The summed E-state index contributed by atoms with van der Waals surface area (Å²) in [7, 11) is 0. The lowest BCUT2D eigenvalue weighted by molar-refractivity contribution is -0.234. The van der Waals surface area contributed by atoms with E-state index in [0.717, 1.165) is 16.7 Å². The first-order valence-electron chi connectivity index (χ1n) is 10.9. The Kier molecular flexibility index (Phi) is 7.86. The number of hydrogen-bond acceptors (Lipinski definition) is 4. The highest BCUT2D eigenvalue weighted by molar-refractivity contribution is 5.15. The summed E-state index contributed by atoms with van der Waals surface area (Å²) in [4.78, 5) is 0. The van der Waals surface area contributed by atoms with Crippen molar-refractivity contribution in [2.45, 2.75) is 51.2 Å². The SMILES string of the molecule is CC1OCC(OCc2ccccc2)C(OCc2ccccc2)[C@@H]1OCc1ccccc1. The summed E-state index contributed by atoms with van der Waals surface area (Å²) in [6, 6.07) is 30.6. The number of benzene rings is 3. The van der Waals surface area contributed by atoms with Crippen molar-refractivity contribution in [3.63, 3.8) is 0 Å². The standard InChI is InChI=1S/C27H30O4/c1-21-26(30-18-23-13-7-3-8-14-23)27(31-19-24-15-9-4-10-16-24)25(20-28-21)29-17-22-11-5-2-6-12-22/h2-16,21,25-27H,17-20H2,1H3/t21?,25?,26-,27?/m1/s1. The second-order valence-corrected chi connectivity index (χ2v) is 7.90. The zero-order valence-electron chi connectivity index (χ0n) is 17.9. The molecule has 31 heavy (non-hydrogen) atoms. The van der Waals surface area contributed by atoms with Crippen molar-refractivity contribution < 1.29 is 18.9 Å². The summed E-state index contributed by atoms with van der Waals surface area (Å²) >= 11 is 0. The summed E-state index contributed by atoms with van der Waals surface area (Å²) in [5.74, 6) is 0. The van der Waals surface area contributed by atoms with Gasteiger partial charge in [0.05, 0.1) is 32.5 Å². The van der Waals surface area contributed by atoms with Gasteiger partial charge in [0.25, 0.3) is 0 Å². The molecule has 0 N–H and O–H groups in total. The summed E-state index contributed by atoms with van der Waals surface area (Å²) in [6.07, 6.45) is -0.739. The highest BCUT2D eigenvalue weighted by Gasteiger charge is 2.41. The van der Waals surface area contributed by atoms with Crippen LogP contribution in [0.4, 0.5) is 0 Å². The lowest BCUT2D eigenvalue weighted by Gasteiger charge is -2.41. The van der Waals surface area contributed by atoms with E-state index in [-0.39, 0.29) is 24.4 Å². The number of rotatable bonds is 9. The van der Waals surface area contributed by atoms with E-state index in [2.05, 4.69) is 36.4 Å². The fraction of sp³-hybridized carbons (Fsp3) is 0.333. The van der Waals surface area contributed by atoms with Gasteiger partial charge in [-0.2, -0.15) is 0 Å². The molecule has 0 amide bonds. The van der Waals surface area contributed by atoms with Crippen LogP contribution in [-0.4, -0.2) is 31.0 Å². The topological polar surface area (TPSA) is 36.9 Å². The molecule has 0 aromatic heterocycles. The molecule has 0 spiro atoms. The second-order valence-electron chi connectivity index (χ2n) is 7.90. The fourth-order valence-corrected chi connectivity index (χ4v) is 3.80. The van der Waals surface area contributed by atoms with E-state index in [1.54, 1.807) is 0 Å². The van der Waals surface area contributed by atoms with E-state index in [4.69, 9.17) is 18.9 Å². The minimum absolute atomic E-state index is 0.0824. The Morgan fingerprint density at radius 3 is 1.52 bits per heavy atom. The van der Waals surface area contributed by atoms with Gasteiger partial charge in [0, 0.05) is 0 Å². The molecule has 0 bridgehead atoms. The third kappa shape index (κ3) is 6.25. The Morgan fingerprint density at radius 2 is 1.03 bits per heavy atom. The van der Waals surface area contributed by atoms with Crippen LogP contribution in [0.5, 0.6) is 0 Å². The molecule has 3 aromatic rings. The molecular weight excluding hydrogens is 388 g/mol. The lowest BCUT2D eigenvalue weighted by atomic mass is 10.00. The lowest BCUT2D eigenvalue weighted by Crippen LogP contribution is -2.55. The molecule has 4 rings (SSSR count). The van der Waals surface area contributed by atoms with Gasteiger partial charge in [0.2, 0.25) is 0 Å². The van der Waals surface area contributed by atoms with Gasteiger partial charge in [0.15, 0.2) is 0 Å². The molecule has 4 heteroatoms. The van der Waals surface area contributed by atoms with Crippen molar-refractivity contribution in [1.82, 2.24) is 0 Å². The van der Waals surface area contributed by atoms with Crippen molar-refractivity contribution >= 4 is 0 Å². The first-order chi connectivity index (χ1) is 15.3. The molecule has 1 heterocycles. The monoisotopic (exact) mass is 418 g/mol. The summed E-state index contributed by atoms with van der Waals surface area (Å²) in [5.41, 5.74) is 3.39. The summed E-state index contributed by atoms with van der Waals surface area (Å²) in [6.45, 7) is 4.06. The molecule has 4 atom stereocenters. The van der Waals surface area contributed by atoms with Crippen LogP contribution in [0.1, 0.15) is 23.6 Å². The quantitative estimate of drug-likeness (QED) is 0.481. The van der Waals surface area contributed by atoms with Crippen LogP contribution in [0.25, 0.3) is 0 Å². The van der Waals surface area contributed by atoms with Crippen molar-refractivity contribution in [3.8, 4) is 0 Å². The van der Waals surface area contributed by atoms with Crippen molar-refractivity contribution in [2.24, 2.45) is 0 Å². The smallest absolute Gasteiger partial charge is 0.115 e. The number of hydrogen-bond donors (Lipinski definition) is 0. The minimum atomic E-state index is -0.226. The molecule has 3 aromatic carbocycles. The minimum Gasteiger partial charge on any atom is -0.373 e. The van der Waals surface area contributed by atoms with Gasteiger partial charge < -0.3 is 18.9 Å². The molecule has 1 aliphatic rings. The molecule has 3 unspecified atom stereocenters. The Bertz CT molecular complexity index is 885. The first kappa shape index (κ1) is 21.7. The first-order valence-corrected chi connectivity index (χ1v) is 10.9. The van der Waals surface area contributed by atoms with Gasteiger partial charge in [-0.25, -0.2) is 0 Å². The normalized spacial score (nSPS) is 23.5. The molecular formula is C27H30O4. The average molecular weight is 419 g/mol. The van der Waals surface area contributed by atoms with E-state index >= 15 is 0 Å². The van der Waals surface area contributed by atoms with Crippen LogP contribution in [0.15, 0.2) is 91.0 Å². The van der Waals surface area contributed by atoms with Crippen molar-refractivity contribution in [3.05, 3.63) is 108 Å². The van der Waals surface area contributed by atoms with E-state index < -0.39 is 0 Å². The Labute approximate surface area is 184 Å². The van der Waals surface area contributed by atoms with E-state index in [0.29, 0.717) is 26.4 Å². The fourth-order valence-electron chi connectivity index (χ4n) is 3.80. The largest absolute Gasteiger partial charge is 0.373 e. The predicted molar refractivity (Wildman–Crippen MR) is 120 cm³/mol. The maximum absolute atomic E-state index is 6.41. The van der Waals surface area contributed by atoms with Gasteiger partial charge in [-0.3, -0.25) is 0 Å². The van der Waals surface area contributed by atoms with Crippen LogP contribution in [0.2, 0.25) is 0 Å². The molecule has 4 nitrogen and oxygen atoms in total. The Balaban J connectivity index is 1.46. The van der Waals surface area contributed by atoms with Gasteiger partial charge in [-0.15, -0.1) is 0 Å². The van der Waals surface area contributed by atoms with Crippen LogP contribution in [0, 0.1) is 0 Å². The van der Waals surface area contributed by atoms with Gasteiger partial charge in [-0.1, -0.05) is 91.0 Å². The van der Waals surface area contributed by atoms with Gasteiger partial charge >= 0.3 is 0 Å². The zero-order chi connectivity index (χ0) is 21.3. The highest BCUT2D eigenvalue weighted by atomic mass is 16.6. The van der Waals surface area contributed by atoms with Crippen LogP contribution < -0.4 is 0 Å². The van der Waals surface area contributed by atoms with Gasteiger partial charge in [0.1, 0.15) is 18.3 Å². The summed E-state index contributed by atoms with van der Waals surface area (Å²) < 4.78 is 25.0. The molecule has 0 radical (unpaired) electrons. The van der Waals surface area contributed by atoms with Crippen molar-refractivity contribution in [2.75, 3.05) is 6.61 Å². The maximum atomic E-state index is 6.41. The third-order valence-electron chi connectivity index (χ3n) is 5.55. The Hall–Kier alpha value is -2.50. The molecule has 1 aliphatic heterocycles. The van der Waals surface area contributed by atoms with E-state index in [1.165, 1.54) is 0 Å². The molecule has 0 aliphatic carbocycles. The average Bonchev–Trinajstić information content (AvgIpc) is 2.83. The van der Waals surface area contributed by atoms with Crippen molar-refractivity contribution in [1.29, 1.82) is 0 Å². The Morgan fingerprint density at radius 1 is 0.613 bits per heavy atom. The molecule has 1 saturated heterocycles. The van der Waals surface area contributed by atoms with Gasteiger partial charge in [-0.05, 0) is 23.6 Å². The van der Waals surface area contributed by atoms with Crippen LogP contribution >= 0.6 is 0 Å². The molecule has 1 fully saturated rings. The summed E-state index contributed by atoms with van der Waals surface area (Å²) in [5, 5.41) is 0. The van der Waals surface area contributed by atoms with Crippen LogP contribution in [-0.2, 0) is 38.8 Å². The molecule has 162 valence electrons. The predicted octanol–water partition coefficient (Wildman–Crippen LogP) is 5.16. The van der Waals surface area contributed by atoms with E-state index in [9.17, 15) is 0 Å². The highest BCUT2D eigenvalue weighted by Crippen LogP contribution is 2.26. The third-order valence-corrected chi connectivity index (χ3v) is 5.55. The van der Waals surface area contributed by atoms with E-state index in [1.807, 2.05) is 61.5 Å². The zero-order valence-corrected chi connectivity index (χ0v) is 17.9. The molecule has 0 saturated carbocycles. The van der Waals surface area contributed by atoms with Crippen LogP contribution in [0.3, 0.4) is 0 Å².